The zero-order valence-corrected chi connectivity index (χ0v) is 38.0. The third-order valence-electron chi connectivity index (χ3n) is 13.6. The van der Waals surface area contributed by atoms with Crippen LogP contribution >= 0.6 is 0 Å². The number of hydrogen-bond donors (Lipinski definition) is 1. The second-order valence-electron chi connectivity index (χ2n) is 17.3. The summed E-state index contributed by atoms with van der Waals surface area (Å²) in [6, 6.07) is 31.9. The Hall–Kier alpha value is -6.50. The normalized spacial score (nSPS) is 16.2. The molecule has 4 aliphatic heterocycles. The molecule has 10 rings (SSSR count). The Morgan fingerprint density at radius 2 is 1.05 bits per heavy atom. The number of piperidine rings is 2. The quantitative estimate of drug-likeness (QED) is 0.153. The summed E-state index contributed by atoms with van der Waals surface area (Å²) in [7, 11) is 4.99. The smallest absolute Gasteiger partial charge is 0.253 e. The molecule has 2 aromatic heterocycles. The van der Waals surface area contributed by atoms with E-state index in [1.54, 1.807) is 21.3 Å². The van der Waals surface area contributed by atoms with Gasteiger partial charge in [-0.1, -0.05) is 38.1 Å². The van der Waals surface area contributed by atoms with Crippen LogP contribution in [0.2, 0.25) is 0 Å². The molecule has 6 aromatic rings. The molecule has 2 fully saturated rings. The molecule has 2 amide bonds. The fourth-order valence-corrected chi connectivity index (χ4v) is 10.0. The van der Waals surface area contributed by atoms with Crippen molar-refractivity contribution in [3.05, 3.63) is 154 Å². The van der Waals surface area contributed by atoms with E-state index in [-0.39, 0.29) is 18.4 Å². The second-order valence-corrected chi connectivity index (χ2v) is 17.3. The molecule has 2 spiro atoms. The Labute approximate surface area is 380 Å². The van der Waals surface area contributed by atoms with E-state index in [9.17, 15) is 14.7 Å². The molecule has 4 aromatic carbocycles. The SMILES string of the molecule is CCc1ccc(C(=O)N2CCC3(CC2)Oc2cc(CO)ccc2-n2cccc23)cc1OC.CCc1ccc(C(=O)N2CCC3(CC2)Oc2cc(COC)ccc2-n2cccc23)cc1OC. The average molecular weight is 879 g/mol. The number of methoxy groups -OCH3 is 3. The number of aliphatic hydroxyl groups is 1. The maximum Gasteiger partial charge on any atom is 0.253 e. The van der Waals surface area contributed by atoms with Crippen LogP contribution in [0.4, 0.5) is 0 Å². The predicted molar refractivity (Wildman–Crippen MR) is 248 cm³/mol. The highest BCUT2D eigenvalue weighted by Crippen LogP contribution is 2.47. The van der Waals surface area contributed by atoms with Gasteiger partial charge in [0.2, 0.25) is 0 Å². The van der Waals surface area contributed by atoms with E-state index in [0.29, 0.717) is 56.8 Å². The number of aryl methyl sites for hydroxylation is 2. The molecule has 0 unspecified atom stereocenters. The monoisotopic (exact) mass is 878 g/mol. The molecule has 1 N–H and O–H groups in total. The number of aliphatic hydroxyl groups excluding tert-OH is 1. The van der Waals surface area contributed by atoms with E-state index in [1.807, 2.05) is 70.5 Å². The van der Waals surface area contributed by atoms with Crippen molar-refractivity contribution in [3.8, 4) is 34.4 Å². The number of nitrogens with zero attached hydrogens (tertiary/aromatic N) is 4. The summed E-state index contributed by atoms with van der Waals surface area (Å²) in [5, 5.41) is 9.56. The van der Waals surface area contributed by atoms with Gasteiger partial charge in [0, 0.05) is 82.5 Å². The van der Waals surface area contributed by atoms with Crippen LogP contribution in [0.3, 0.4) is 0 Å². The maximum atomic E-state index is 13.3. The van der Waals surface area contributed by atoms with Gasteiger partial charge in [0.25, 0.3) is 11.8 Å². The van der Waals surface area contributed by atoms with Gasteiger partial charge < -0.3 is 47.7 Å². The Kier molecular flexibility index (Phi) is 12.2. The fraction of sp³-hybridized carbons (Fsp3) is 0.358. The molecule has 0 aliphatic carbocycles. The Balaban J connectivity index is 0.000000164. The van der Waals surface area contributed by atoms with E-state index >= 15 is 0 Å². The number of rotatable bonds is 9. The molecule has 12 nitrogen and oxygen atoms in total. The minimum Gasteiger partial charge on any atom is -0.496 e. The topological polar surface area (TPSA) is 117 Å². The average Bonchev–Trinajstić information content (AvgIpc) is 4.07. The van der Waals surface area contributed by atoms with Gasteiger partial charge in [-0.05, 0) is 108 Å². The molecule has 12 heteroatoms. The number of fused-ring (bicyclic) bond motifs is 8. The number of carbonyl (C=O) groups excluding carboxylic acids is 2. The highest BCUT2D eigenvalue weighted by Gasteiger charge is 2.46. The Morgan fingerprint density at radius 3 is 1.46 bits per heavy atom. The zero-order chi connectivity index (χ0) is 45.3. The van der Waals surface area contributed by atoms with Crippen molar-refractivity contribution < 1.29 is 38.4 Å². The van der Waals surface area contributed by atoms with Gasteiger partial charge in [-0.2, -0.15) is 0 Å². The fourth-order valence-electron chi connectivity index (χ4n) is 10.0. The van der Waals surface area contributed by atoms with E-state index in [0.717, 1.165) is 93.7 Å². The van der Waals surface area contributed by atoms with E-state index in [1.165, 1.54) is 0 Å². The molecule has 0 atom stereocenters. The largest absolute Gasteiger partial charge is 0.496 e. The number of carbonyl (C=O) groups is 2. The number of aromatic nitrogens is 2. The van der Waals surface area contributed by atoms with Gasteiger partial charge >= 0.3 is 0 Å². The van der Waals surface area contributed by atoms with Gasteiger partial charge in [-0.15, -0.1) is 0 Å². The summed E-state index contributed by atoms with van der Waals surface area (Å²) < 4.78 is 34.0. The van der Waals surface area contributed by atoms with Gasteiger partial charge in [-0.25, -0.2) is 0 Å². The van der Waals surface area contributed by atoms with Crippen LogP contribution in [0, 0.1) is 0 Å². The first kappa shape index (κ1) is 43.7. The van der Waals surface area contributed by atoms with Crippen LogP contribution in [0.5, 0.6) is 23.0 Å². The first-order valence-electron chi connectivity index (χ1n) is 22.7. The Morgan fingerprint density at radius 1 is 0.600 bits per heavy atom. The van der Waals surface area contributed by atoms with Crippen LogP contribution in [0.25, 0.3) is 11.4 Å². The summed E-state index contributed by atoms with van der Waals surface area (Å²) in [6.07, 6.45) is 8.76. The van der Waals surface area contributed by atoms with Crippen LogP contribution in [0.15, 0.2) is 109 Å². The molecule has 2 saturated heterocycles. The zero-order valence-electron chi connectivity index (χ0n) is 38.0. The lowest BCUT2D eigenvalue weighted by atomic mass is 9.86. The molecular formula is C53H58N4O8. The van der Waals surface area contributed by atoms with Gasteiger partial charge in [0.1, 0.15) is 23.0 Å². The number of likely N-dealkylation sites (tertiary alicyclic amines) is 2. The van der Waals surface area contributed by atoms with Crippen LogP contribution in [-0.4, -0.2) is 83.4 Å². The predicted octanol–water partition coefficient (Wildman–Crippen LogP) is 8.78. The van der Waals surface area contributed by atoms with Gasteiger partial charge in [0.05, 0.1) is 50.2 Å². The molecule has 338 valence electrons. The van der Waals surface area contributed by atoms with E-state index in [2.05, 4.69) is 71.8 Å². The maximum absolute atomic E-state index is 13.3. The lowest BCUT2D eigenvalue weighted by Gasteiger charge is -2.45. The number of hydrogen-bond acceptors (Lipinski definition) is 8. The van der Waals surface area contributed by atoms with Crippen LogP contribution in [-0.2, 0) is 42.0 Å². The summed E-state index contributed by atoms with van der Waals surface area (Å²) in [5.41, 5.74) is 8.80. The first-order chi connectivity index (χ1) is 31.7. The lowest BCUT2D eigenvalue weighted by Crippen LogP contribution is -2.50. The van der Waals surface area contributed by atoms with E-state index < -0.39 is 11.2 Å². The summed E-state index contributed by atoms with van der Waals surface area (Å²) in [5.74, 6) is 3.24. The first-order valence-corrected chi connectivity index (χ1v) is 22.7. The molecule has 6 heterocycles. The minimum atomic E-state index is -0.481. The van der Waals surface area contributed by atoms with Crippen molar-refractivity contribution in [2.24, 2.45) is 0 Å². The van der Waals surface area contributed by atoms with Crippen molar-refractivity contribution in [3.63, 3.8) is 0 Å². The number of benzene rings is 4. The number of amides is 2. The van der Waals surface area contributed by atoms with Crippen LogP contribution < -0.4 is 18.9 Å². The lowest BCUT2D eigenvalue weighted by molar-refractivity contribution is -0.00990. The standard InChI is InChI=1S/C27H30N2O4.C26H28N2O4/c1-4-20-8-9-21(17-23(20)32-3)26(30)28-14-11-27(12-15-28)25-6-5-13-29(25)22-10-7-19(18-31-2)16-24(22)33-27;1-3-19-7-8-20(16-22(19)31-2)25(30)27-13-10-26(11-14-27)24-5-4-12-28(24)21-9-6-18(17-29)15-23(21)32-26/h5-10,13,16-17H,4,11-12,14-15,18H2,1-3H3;4-9,12,15-16,29H,3,10-11,13-14,17H2,1-2H3. The van der Waals surface area contributed by atoms with Crippen molar-refractivity contribution >= 4 is 11.8 Å². The Bertz CT molecular complexity index is 2700. The van der Waals surface area contributed by atoms with E-state index in [4.69, 9.17) is 23.7 Å². The van der Waals surface area contributed by atoms with Gasteiger partial charge in [-0.3, -0.25) is 9.59 Å². The summed E-state index contributed by atoms with van der Waals surface area (Å²) in [6.45, 7) is 7.16. The molecule has 4 aliphatic rings. The van der Waals surface area contributed by atoms with Crippen molar-refractivity contribution in [1.82, 2.24) is 18.9 Å². The second kappa shape index (κ2) is 18.2. The third kappa shape index (κ3) is 8.03. The molecule has 0 bridgehead atoms. The molecular weight excluding hydrogens is 821 g/mol. The highest BCUT2D eigenvalue weighted by atomic mass is 16.5. The van der Waals surface area contributed by atoms with Crippen molar-refractivity contribution in [2.45, 2.75) is 76.8 Å². The third-order valence-corrected chi connectivity index (χ3v) is 13.6. The molecule has 65 heavy (non-hydrogen) atoms. The molecule has 0 saturated carbocycles. The van der Waals surface area contributed by atoms with Crippen molar-refractivity contribution in [2.75, 3.05) is 47.5 Å². The summed E-state index contributed by atoms with van der Waals surface area (Å²) >= 11 is 0. The highest BCUT2D eigenvalue weighted by molar-refractivity contribution is 5.95. The number of ether oxygens (including phenoxy) is 5. The van der Waals surface area contributed by atoms with Gasteiger partial charge in [0.15, 0.2) is 11.2 Å². The summed E-state index contributed by atoms with van der Waals surface area (Å²) in [4.78, 5) is 30.3. The minimum absolute atomic E-state index is 0.0231. The van der Waals surface area contributed by atoms with Crippen LogP contribution in [0.1, 0.15) is 93.9 Å². The van der Waals surface area contributed by atoms with Crippen molar-refractivity contribution in [1.29, 1.82) is 0 Å². The molecule has 0 radical (unpaired) electrons.